The molecule has 0 saturated heterocycles. The number of carbonyl (C=O) groups is 3. The van der Waals surface area contributed by atoms with Crippen molar-refractivity contribution in [3.63, 3.8) is 0 Å². The SMILES string of the molecule is CCOC(=O)c1[nH]c(C)c(C(=O)C(C)N(Cc2ccccn2)C(=O)c2ccc(Cl)cc2)c1C. The maximum absolute atomic E-state index is 13.6. The number of hydrogen-bond acceptors (Lipinski definition) is 5. The Morgan fingerprint density at radius 2 is 1.82 bits per heavy atom. The summed E-state index contributed by atoms with van der Waals surface area (Å²) in [5.41, 5.74) is 2.72. The Hall–Kier alpha value is -3.45. The van der Waals surface area contributed by atoms with Crippen LogP contribution in [0.15, 0.2) is 48.7 Å². The molecule has 0 aliphatic heterocycles. The number of halogens is 1. The highest BCUT2D eigenvalue weighted by atomic mass is 35.5. The molecule has 1 atom stereocenters. The molecule has 0 bridgehead atoms. The lowest BCUT2D eigenvalue weighted by atomic mass is 9.99. The van der Waals surface area contributed by atoms with Crippen LogP contribution in [0, 0.1) is 13.8 Å². The van der Waals surface area contributed by atoms with E-state index in [1.54, 1.807) is 70.3 Å². The molecule has 2 aromatic heterocycles. The number of nitrogens with one attached hydrogen (secondary N) is 1. The first-order valence-electron chi connectivity index (χ1n) is 10.6. The number of carbonyl (C=O) groups excluding carboxylic acids is 3. The number of nitrogens with zero attached hydrogens (tertiary/aromatic N) is 2. The van der Waals surface area contributed by atoms with E-state index in [9.17, 15) is 14.4 Å². The first-order chi connectivity index (χ1) is 15.7. The zero-order valence-electron chi connectivity index (χ0n) is 19.0. The number of ether oxygens (including phenoxy) is 1. The minimum Gasteiger partial charge on any atom is -0.461 e. The fraction of sp³-hybridized carbons (Fsp3) is 0.280. The fourth-order valence-electron chi connectivity index (χ4n) is 3.69. The summed E-state index contributed by atoms with van der Waals surface area (Å²) in [5, 5.41) is 0.511. The summed E-state index contributed by atoms with van der Waals surface area (Å²) in [4.78, 5) is 48.0. The normalized spacial score (nSPS) is 11.7. The van der Waals surface area contributed by atoms with Crippen molar-refractivity contribution in [3.8, 4) is 0 Å². The third-order valence-corrected chi connectivity index (χ3v) is 5.67. The van der Waals surface area contributed by atoms with Crippen LogP contribution < -0.4 is 0 Å². The van der Waals surface area contributed by atoms with Crippen molar-refractivity contribution >= 4 is 29.3 Å². The third kappa shape index (κ3) is 5.31. The van der Waals surface area contributed by atoms with Gasteiger partial charge in [-0.3, -0.25) is 14.6 Å². The van der Waals surface area contributed by atoms with E-state index in [0.29, 0.717) is 33.1 Å². The Morgan fingerprint density at radius 1 is 1.12 bits per heavy atom. The molecule has 0 aliphatic carbocycles. The summed E-state index contributed by atoms with van der Waals surface area (Å²) in [6.45, 7) is 7.18. The predicted molar refractivity (Wildman–Crippen MR) is 126 cm³/mol. The van der Waals surface area contributed by atoms with Gasteiger partial charge in [0.1, 0.15) is 5.69 Å². The van der Waals surface area contributed by atoms with Crippen molar-refractivity contribution in [1.29, 1.82) is 0 Å². The highest BCUT2D eigenvalue weighted by Crippen LogP contribution is 2.24. The Bertz CT molecular complexity index is 1160. The number of benzene rings is 1. The Labute approximate surface area is 197 Å². The van der Waals surface area contributed by atoms with Gasteiger partial charge in [-0.1, -0.05) is 17.7 Å². The number of amides is 1. The number of pyridine rings is 1. The van der Waals surface area contributed by atoms with Crippen LogP contribution >= 0.6 is 11.6 Å². The summed E-state index contributed by atoms with van der Waals surface area (Å²) in [7, 11) is 0. The van der Waals surface area contributed by atoms with Gasteiger partial charge in [0.25, 0.3) is 5.91 Å². The van der Waals surface area contributed by atoms with E-state index in [4.69, 9.17) is 16.3 Å². The number of hydrogen-bond donors (Lipinski definition) is 1. The molecule has 33 heavy (non-hydrogen) atoms. The van der Waals surface area contributed by atoms with E-state index in [2.05, 4.69) is 9.97 Å². The van der Waals surface area contributed by atoms with E-state index in [1.165, 1.54) is 4.90 Å². The Morgan fingerprint density at radius 3 is 2.42 bits per heavy atom. The lowest BCUT2D eigenvalue weighted by molar-refractivity contribution is 0.0518. The molecule has 0 fully saturated rings. The van der Waals surface area contributed by atoms with Crippen molar-refractivity contribution in [2.24, 2.45) is 0 Å². The Kier molecular flexibility index (Phi) is 7.66. The van der Waals surface area contributed by atoms with Gasteiger partial charge in [-0.15, -0.1) is 0 Å². The second kappa shape index (κ2) is 10.4. The lowest BCUT2D eigenvalue weighted by Crippen LogP contribution is -2.43. The zero-order valence-corrected chi connectivity index (χ0v) is 19.8. The molecule has 1 aromatic carbocycles. The number of rotatable bonds is 8. The lowest BCUT2D eigenvalue weighted by Gasteiger charge is -2.28. The first-order valence-corrected chi connectivity index (χ1v) is 11.0. The molecule has 0 spiro atoms. The van der Waals surface area contributed by atoms with Crippen molar-refractivity contribution < 1.29 is 19.1 Å². The molecule has 3 rings (SSSR count). The van der Waals surface area contributed by atoms with Crippen molar-refractivity contribution in [2.45, 2.75) is 40.3 Å². The average Bonchev–Trinajstić information content (AvgIpc) is 3.11. The monoisotopic (exact) mass is 467 g/mol. The van der Waals surface area contributed by atoms with E-state index >= 15 is 0 Å². The zero-order chi connectivity index (χ0) is 24.1. The molecule has 0 aliphatic rings. The minimum atomic E-state index is -0.821. The van der Waals surface area contributed by atoms with Gasteiger partial charge in [-0.05, 0) is 69.7 Å². The number of esters is 1. The number of aromatic amines is 1. The summed E-state index contributed by atoms with van der Waals surface area (Å²) < 4.78 is 5.08. The molecule has 8 heteroatoms. The van der Waals surface area contributed by atoms with Crippen molar-refractivity contribution in [1.82, 2.24) is 14.9 Å². The fourth-order valence-corrected chi connectivity index (χ4v) is 3.81. The summed E-state index contributed by atoms with van der Waals surface area (Å²) >= 11 is 5.97. The summed E-state index contributed by atoms with van der Waals surface area (Å²) in [6.07, 6.45) is 1.64. The third-order valence-electron chi connectivity index (χ3n) is 5.42. The molecule has 3 aromatic rings. The standard InChI is InChI=1S/C25H26ClN3O4/c1-5-33-25(32)22-15(2)21(16(3)28-22)23(30)17(4)29(14-20-8-6-7-13-27-20)24(31)18-9-11-19(26)12-10-18/h6-13,17,28H,5,14H2,1-4H3. The minimum absolute atomic E-state index is 0.141. The van der Waals surface area contributed by atoms with Crippen LogP contribution in [0.3, 0.4) is 0 Å². The second-order valence-electron chi connectivity index (χ2n) is 7.65. The molecule has 0 saturated carbocycles. The highest BCUT2D eigenvalue weighted by Gasteiger charge is 2.32. The molecular formula is C25H26ClN3O4. The summed E-state index contributed by atoms with van der Waals surface area (Å²) in [6, 6.07) is 11.1. The van der Waals surface area contributed by atoms with Gasteiger partial charge in [0, 0.05) is 28.0 Å². The molecule has 1 N–H and O–H groups in total. The van der Waals surface area contributed by atoms with Crippen LogP contribution in [0.1, 0.15) is 62.0 Å². The van der Waals surface area contributed by atoms with Crippen molar-refractivity contribution in [3.05, 3.63) is 87.5 Å². The van der Waals surface area contributed by atoms with Crippen LogP contribution in [0.4, 0.5) is 0 Å². The largest absolute Gasteiger partial charge is 0.461 e. The molecular weight excluding hydrogens is 442 g/mol. The van der Waals surface area contributed by atoms with Gasteiger partial charge in [0.05, 0.1) is 24.9 Å². The van der Waals surface area contributed by atoms with E-state index in [-0.39, 0.29) is 30.5 Å². The molecule has 172 valence electrons. The first kappa shape index (κ1) is 24.2. The Balaban J connectivity index is 1.98. The van der Waals surface area contributed by atoms with E-state index < -0.39 is 12.0 Å². The average molecular weight is 468 g/mol. The van der Waals surface area contributed by atoms with Crippen LogP contribution in [0.2, 0.25) is 5.02 Å². The smallest absolute Gasteiger partial charge is 0.355 e. The quantitative estimate of drug-likeness (QED) is 0.380. The molecule has 2 heterocycles. The van der Waals surface area contributed by atoms with Crippen LogP contribution in [-0.2, 0) is 11.3 Å². The van der Waals surface area contributed by atoms with Gasteiger partial charge in [-0.2, -0.15) is 0 Å². The predicted octanol–water partition coefficient (Wildman–Crippen LogP) is 4.77. The molecule has 7 nitrogen and oxygen atoms in total. The maximum atomic E-state index is 13.6. The molecule has 1 unspecified atom stereocenters. The van der Waals surface area contributed by atoms with E-state index in [1.807, 2.05) is 6.07 Å². The van der Waals surface area contributed by atoms with Crippen LogP contribution in [-0.4, -0.2) is 45.2 Å². The number of aryl methyl sites for hydroxylation is 1. The molecule has 1 amide bonds. The highest BCUT2D eigenvalue weighted by molar-refractivity contribution is 6.30. The van der Waals surface area contributed by atoms with Gasteiger partial charge in [-0.25, -0.2) is 4.79 Å². The molecule has 0 radical (unpaired) electrons. The maximum Gasteiger partial charge on any atom is 0.355 e. The van der Waals surface area contributed by atoms with Gasteiger partial charge >= 0.3 is 5.97 Å². The van der Waals surface area contributed by atoms with Crippen LogP contribution in [0.5, 0.6) is 0 Å². The number of aromatic nitrogens is 2. The van der Waals surface area contributed by atoms with Gasteiger partial charge < -0.3 is 14.6 Å². The second-order valence-corrected chi connectivity index (χ2v) is 8.08. The van der Waals surface area contributed by atoms with Gasteiger partial charge in [0.15, 0.2) is 5.78 Å². The number of H-pyrrole nitrogens is 1. The van der Waals surface area contributed by atoms with Gasteiger partial charge in [0.2, 0.25) is 0 Å². The number of Topliss-reactive ketones (excluding diaryl/α,β-unsaturated/α-hetero) is 1. The van der Waals surface area contributed by atoms with Crippen LogP contribution in [0.25, 0.3) is 0 Å². The van der Waals surface area contributed by atoms with E-state index in [0.717, 1.165) is 0 Å². The van der Waals surface area contributed by atoms with Crippen molar-refractivity contribution in [2.75, 3.05) is 6.61 Å². The summed E-state index contributed by atoms with van der Waals surface area (Å²) in [5.74, 6) is -1.13. The number of ketones is 1. The topological polar surface area (TPSA) is 92.4 Å².